The van der Waals surface area contributed by atoms with Crippen molar-refractivity contribution in [2.24, 2.45) is 11.3 Å². The molecular formula is C12H18O6. The third-order valence-corrected chi connectivity index (χ3v) is 3.55. The van der Waals surface area contributed by atoms with Gasteiger partial charge in [-0.2, -0.15) is 0 Å². The van der Waals surface area contributed by atoms with Gasteiger partial charge in [-0.3, -0.25) is 14.4 Å². The van der Waals surface area contributed by atoms with E-state index in [1.807, 2.05) is 0 Å². The van der Waals surface area contributed by atoms with Crippen molar-refractivity contribution in [2.75, 3.05) is 13.2 Å². The second kappa shape index (κ2) is 5.84. The predicted octanol–water partition coefficient (Wildman–Crippen LogP) is 0.984. The van der Waals surface area contributed by atoms with E-state index >= 15 is 0 Å². The Morgan fingerprint density at radius 3 is 2.61 bits per heavy atom. The normalized spacial score (nSPS) is 24.9. The van der Waals surface area contributed by atoms with Gasteiger partial charge in [-0.05, 0) is 13.3 Å². The van der Waals surface area contributed by atoms with E-state index in [0.29, 0.717) is 6.42 Å². The van der Waals surface area contributed by atoms with E-state index in [9.17, 15) is 19.5 Å². The maximum absolute atomic E-state index is 11.5. The van der Waals surface area contributed by atoms with E-state index in [0.717, 1.165) is 0 Å². The van der Waals surface area contributed by atoms with Gasteiger partial charge in [-0.25, -0.2) is 0 Å². The fourth-order valence-electron chi connectivity index (χ4n) is 1.86. The summed E-state index contributed by atoms with van der Waals surface area (Å²) in [7, 11) is 0. The van der Waals surface area contributed by atoms with Crippen molar-refractivity contribution in [1.29, 1.82) is 0 Å². The number of carbonyl (C=O) groups excluding carboxylic acids is 2. The number of cyclic esters (lactones) is 2. The average Bonchev–Trinajstić information content (AvgIpc) is 2.39. The Balaban J connectivity index is 2.91. The zero-order valence-electron chi connectivity index (χ0n) is 10.6. The summed E-state index contributed by atoms with van der Waals surface area (Å²) in [5, 5.41) is 9.28. The number of rotatable bonds is 3. The van der Waals surface area contributed by atoms with Gasteiger partial charge in [0, 0.05) is 5.92 Å². The van der Waals surface area contributed by atoms with Crippen molar-refractivity contribution in [1.82, 2.24) is 0 Å². The van der Waals surface area contributed by atoms with Crippen LogP contribution < -0.4 is 0 Å². The Bertz CT molecular complexity index is 350. The van der Waals surface area contributed by atoms with E-state index < -0.39 is 29.2 Å². The smallest absolute Gasteiger partial charge is 0.309 e. The number of esters is 2. The van der Waals surface area contributed by atoms with Crippen molar-refractivity contribution < 1.29 is 29.0 Å². The van der Waals surface area contributed by atoms with Crippen LogP contribution in [-0.2, 0) is 23.9 Å². The minimum absolute atomic E-state index is 0.00830. The quantitative estimate of drug-likeness (QED) is 0.759. The summed E-state index contributed by atoms with van der Waals surface area (Å²) in [4.78, 5) is 34.1. The zero-order valence-corrected chi connectivity index (χ0v) is 10.6. The molecule has 1 saturated heterocycles. The van der Waals surface area contributed by atoms with Gasteiger partial charge in [-0.15, -0.1) is 0 Å². The summed E-state index contributed by atoms with van der Waals surface area (Å²) < 4.78 is 9.84. The molecule has 18 heavy (non-hydrogen) atoms. The molecule has 0 saturated carbocycles. The van der Waals surface area contributed by atoms with Gasteiger partial charge in [0.25, 0.3) is 0 Å². The number of carbonyl (C=O) groups is 3. The minimum Gasteiger partial charge on any atom is -0.481 e. The number of aliphatic carboxylic acids is 1. The average molecular weight is 258 g/mol. The van der Waals surface area contributed by atoms with E-state index in [1.165, 1.54) is 0 Å². The Morgan fingerprint density at radius 1 is 1.39 bits per heavy atom. The van der Waals surface area contributed by atoms with Gasteiger partial charge in [0.05, 0.1) is 24.9 Å². The van der Waals surface area contributed by atoms with Crippen LogP contribution in [0.15, 0.2) is 0 Å². The second-order valence-corrected chi connectivity index (χ2v) is 4.63. The third kappa shape index (κ3) is 3.21. The van der Waals surface area contributed by atoms with Crippen molar-refractivity contribution in [3.8, 4) is 0 Å². The first-order valence-corrected chi connectivity index (χ1v) is 5.94. The lowest BCUT2D eigenvalue weighted by Crippen LogP contribution is -2.39. The van der Waals surface area contributed by atoms with Crippen LogP contribution in [0.5, 0.6) is 0 Å². The molecule has 2 atom stereocenters. The Labute approximate surface area is 105 Å². The first-order chi connectivity index (χ1) is 8.40. The predicted molar refractivity (Wildman–Crippen MR) is 60.7 cm³/mol. The van der Waals surface area contributed by atoms with Gasteiger partial charge >= 0.3 is 17.9 Å². The lowest BCUT2D eigenvalue weighted by atomic mass is 9.73. The SMILES string of the molecule is CCC(C)(C(=O)O)C1COC(=O)CCOC(=O)C1. The number of carboxylic acid groups (broad SMARTS) is 1. The highest BCUT2D eigenvalue weighted by molar-refractivity contribution is 5.77. The molecule has 2 unspecified atom stereocenters. The molecule has 1 rings (SSSR count). The lowest BCUT2D eigenvalue weighted by Gasteiger charge is -2.31. The van der Waals surface area contributed by atoms with Crippen LogP contribution in [0.4, 0.5) is 0 Å². The number of hydrogen-bond donors (Lipinski definition) is 1. The molecule has 0 aromatic carbocycles. The van der Waals surface area contributed by atoms with Gasteiger partial charge in [0.1, 0.15) is 6.61 Å². The topological polar surface area (TPSA) is 89.9 Å². The van der Waals surface area contributed by atoms with Crippen LogP contribution in [0.25, 0.3) is 0 Å². The van der Waals surface area contributed by atoms with Crippen LogP contribution in [0.1, 0.15) is 33.1 Å². The van der Waals surface area contributed by atoms with Crippen LogP contribution in [0.3, 0.4) is 0 Å². The highest BCUT2D eigenvalue weighted by Crippen LogP contribution is 2.35. The molecule has 0 amide bonds. The van der Waals surface area contributed by atoms with Gasteiger partial charge in [0.2, 0.25) is 0 Å². The van der Waals surface area contributed by atoms with E-state index in [4.69, 9.17) is 9.47 Å². The maximum atomic E-state index is 11.5. The highest BCUT2D eigenvalue weighted by atomic mass is 16.6. The van der Waals surface area contributed by atoms with E-state index in [2.05, 4.69) is 0 Å². The van der Waals surface area contributed by atoms with Gasteiger partial charge < -0.3 is 14.6 Å². The first kappa shape index (κ1) is 14.5. The van der Waals surface area contributed by atoms with Crippen LogP contribution in [0, 0.1) is 11.3 Å². The molecule has 0 aromatic rings. The van der Waals surface area contributed by atoms with E-state index in [-0.39, 0.29) is 26.1 Å². The van der Waals surface area contributed by atoms with Crippen molar-refractivity contribution >= 4 is 17.9 Å². The summed E-state index contributed by atoms with van der Waals surface area (Å²) in [6, 6.07) is 0. The zero-order chi connectivity index (χ0) is 13.8. The lowest BCUT2D eigenvalue weighted by molar-refractivity contribution is -0.159. The molecule has 1 N–H and O–H groups in total. The molecule has 0 radical (unpaired) electrons. The van der Waals surface area contributed by atoms with Crippen LogP contribution in [0.2, 0.25) is 0 Å². The molecule has 6 nitrogen and oxygen atoms in total. The fourth-order valence-corrected chi connectivity index (χ4v) is 1.86. The van der Waals surface area contributed by atoms with E-state index in [1.54, 1.807) is 13.8 Å². The Morgan fingerprint density at radius 2 is 2.06 bits per heavy atom. The second-order valence-electron chi connectivity index (χ2n) is 4.63. The monoisotopic (exact) mass is 258 g/mol. The molecule has 1 heterocycles. The molecular weight excluding hydrogens is 240 g/mol. The molecule has 0 spiro atoms. The largest absolute Gasteiger partial charge is 0.481 e. The Hall–Kier alpha value is -1.59. The summed E-state index contributed by atoms with van der Waals surface area (Å²) in [5.74, 6) is -2.54. The fraction of sp³-hybridized carbons (Fsp3) is 0.750. The summed E-state index contributed by atoms with van der Waals surface area (Å²) in [5.41, 5.74) is -1.11. The molecule has 0 bridgehead atoms. The van der Waals surface area contributed by atoms with Gasteiger partial charge in [-0.1, -0.05) is 6.92 Å². The summed E-state index contributed by atoms with van der Waals surface area (Å²) in [6.45, 7) is 3.21. The first-order valence-electron chi connectivity index (χ1n) is 5.94. The molecule has 0 aromatic heterocycles. The standard InChI is InChI=1S/C12H18O6/c1-3-12(2,11(15)16)8-6-10(14)17-5-4-9(13)18-7-8/h8H,3-7H2,1-2H3,(H,15,16). The van der Waals surface area contributed by atoms with Gasteiger partial charge in [0.15, 0.2) is 0 Å². The molecule has 1 fully saturated rings. The van der Waals surface area contributed by atoms with Crippen molar-refractivity contribution in [2.45, 2.75) is 33.1 Å². The van der Waals surface area contributed by atoms with Crippen LogP contribution >= 0.6 is 0 Å². The molecule has 0 aliphatic carbocycles. The molecule has 1 aliphatic rings. The molecule has 6 heteroatoms. The molecule has 102 valence electrons. The summed E-state index contributed by atoms with van der Waals surface area (Å²) in [6.07, 6.45) is 0.302. The van der Waals surface area contributed by atoms with Crippen molar-refractivity contribution in [3.63, 3.8) is 0 Å². The maximum Gasteiger partial charge on any atom is 0.309 e. The van der Waals surface area contributed by atoms with Crippen molar-refractivity contribution in [3.05, 3.63) is 0 Å². The number of carboxylic acids is 1. The Kier molecular flexibility index (Phi) is 4.69. The third-order valence-electron chi connectivity index (χ3n) is 3.55. The number of ether oxygens (including phenoxy) is 2. The molecule has 1 aliphatic heterocycles. The minimum atomic E-state index is -1.11. The van der Waals surface area contributed by atoms with Crippen LogP contribution in [-0.4, -0.2) is 36.2 Å². The summed E-state index contributed by atoms with van der Waals surface area (Å²) >= 11 is 0. The highest BCUT2D eigenvalue weighted by Gasteiger charge is 2.42. The number of hydrogen-bond acceptors (Lipinski definition) is 5.